The van der Waals surface area contributed by atoms with Crippen molar-refractivity contribution in [1.82, 2.24) is 4.90 Å². The van der Waals surface area contributed by atoms with Crippen molar-refractivity contribution < 1.29 is 5.11 Å². The van der Waals surface area contributed by atoms with Crippen LogP contribution in [0.2, 0.25) is 0 Å². The van der Waals surface area contributed by atoms with Crippen LogP contribution in [-0.4, -0.2) is 22.7 Å². The maximum atomic E-state index is 11.8. The van der Waals surface area contributed by atoms with Crippen molar-refractivity contribution in [3.63, 3.8) is 0 Å². The second-order valence-electron chi connectivity index (χ2n) is 7.70. The van der Waals surface area contributed by atoms with Gasteiger partial charge in [-0.15, -0.1) is 0 Å². The van der Waals surface area contributed by atoms with Gasteiger partial charge in [-0.1, -0.05) is 87.9 Å². The third-order valence-corrected chi connectivity index (χ3v) is 6.33. The molecule has 1 N–H and O–H groups in total. The van der Waals surface area contributed by atoms with Gasteiger partial charge in [0, 0.05) is 23.9 Å². The van der Waals surface area contributed by atoms with Crippen LogP contribution in [0.3, 0.4) is 0 Å². The Balaban J connectivity index is 2.10. The molecule has 0 spiro atoms. The van der Waals surface area contributed by atoms with Gasteiger partial charge in [0.25, 0.3) is 0 Å². The summed E-state index contributed by atoms with van der Waals surface area (Å²) in [5.74, 6) is 0.352. The summed E-state index contributed by atoms with van der Waals surface area (Å²) in [6, 6.07) is 21.7. The van der Waals surface area contributed by atoms with Gasteiger partial charge in [0.15, 0.2) is 0 Å². The fourth-order valence-corrected chi connectivity index (χ4v) is 5.04. The molecule has 134 valence electrons. The molecule has 1 heterocycles. The SMILES string of the molecule is CCCC1(O)[C@H](C)[C@@H](c2ccccc2)N(C)[C@H](c2ccccc2)[C@@H]1C. The number of hydrogen-bond acceptors (Lipinski definition) is 2. The number of likely N-dealkylation sites (tertiary alicyclic amines) is 1. The summed E-state index contributed by atoms with van der Waals surface area (Å²) < 4.78 is 0. The van der Waals surface area contributed by atoms with E-state index in [1.165, 1.54) is 11.1 Å². The molecule has 0 bridgehead atoms. The van der Waals surface area contributed by atoms with E-state index in [2.05, 4.69) is 93.4 Å². The van der Waals surface area contributed by atoms with Crippen molar-refractivity contribution in [3.05, 3.63) is 71.8 Å². The number of hydrogen-bond donors (Lipinski definition) is 1. The summed E-state index contributed by atoms with van der Waals surface area (Å²) in [6.45, 7) is 6.62. The highest BCUT2D eigenvalue weighted by molar-refractivity contribution is 5.28. The lowest BCUT2D eigenvalue weighted by atomic mass is 9.63. The molecule has 2 aromatic rings. The van der Waals surface area contributed by atoms with Crippen LogP contribution in [0.15, 0.2) is 60.7 Å². The molecule has 0 amide bonds. The number of aliphatic hydroxyl groups is 1. The standard InChI is InChI=1S/C23H31NO/c1-5-16-23(25)17(2)21(19-12-8-6-9-13-19)24(4)22(18(23)3)20-14-10-7-11-15-20/h6-15,17-18,21-22,25H,5,16H2,1-4H3/t17-,18+,21-,22-,23?/m0/s1. The molecule has 0 radical (unpaired) electrons. The van der Waals surface area contributed by atoms with Crippen LogP contribution in [0.25, 0.3) is 0 Å². The highest BCUT2D eigenvalue weighted by atomic mass is 16.3. The van der Waals surface area contributed by atoms with Crippen molar-refractivity contribution >= 4 is 0 Å². The number of benzene rings is 2. The van der Waals surface area contributed by atoms with Crippen LogP contribution in [0.1, 0.15) is 56.8 Å². The molecule has 3 rings (SSSR count). The first-order chi connectivity index (χ1) is 12.0. The molecule has 1 aliphatic rings. The zero-order valence-corrected chi connectivity index (χ0v) is 15.9. The van der Waals surface area contributed by atoms with Crippen molar-refractivity contribution in [2.75, 3.05) is 7.05 Å². The van der Waals surface area contributed by atoms with Gasteiger partial charge in [-0.2, -0.15) is 0 Å². The largest absolute Gasteiger partial charge is 0.389 e. The van der Waals surface area contributed by atoms with Gasteiger partial charge in [0.1, 0.15) is 0 Å². The molecular formula is C23H31NO. The van der Waals surface area contributed by atoms with E-state index < -0.39 is 5.60 Å². The van der Waals surface area contributed by atoms with Crippen molar-refractivity contribution in [2.24, 2.45) is 11.8 Å². The van der Waals surface area contributed by atoms with Crippen LogP contribution in [-0.2, 0) is 0 Å². The number of piperidine rings is 1. The Labute approximate surface area is 152 Å². The van der Waals surface area contributed by atoms with Crippen LogP contribution >= 0.6 is 0 Å². The third-order valence-electron chi connectivity index (χ3n) is 6.33. The average molecular weight is 338 g/mol. The summed E-state index contributed by atoms with van der Waals surface area (Å²) >= 11 is 0. The van der Waals surface area contributed by atoms with E-state index in [9.17, 15) is 5.11 Å². The lowest BCUT2D eigenvalue weighted by Gasteiger charge is -2.56. The predicted octanol–water partition coefficient (Wildman–Crippen LogP) is 5.22. The van der Waals surface area contributed by atoms with Gasteiger partial charge in [0.05, 0.1) is 5.60 Å². The molecule has 1 fully saturated rings. The molecule has 1 unspecified atom stereocenters. The monoisotopic (exact) mass is 337 g/mol. The zero-order valence-electron chi connectivity index (χ0n) is 15.9. The van der Waals surface area contributed by atoms with E-state index in [4.69, 9.17) is 0 Å². The van der Waals surface area contributed by atoms with Gasteiger partial charge in [-0.05, 0) is 24.6 Å². The summed E-state index contributed by atoms with van der Waals surface area (Å²) in [5.41, 5.74) is 1.92. The van der Waals surface area contributed by atoms with Crippen LogP contribution in [0, 0.1) is 11.8 Å². The zero-order chi connectivity index (χ0) is 18.0. The molecule has 0 aliphatic carbocycles. The minimum absolute atomic E-state index is 0.176. The van der Waals surface area contributed by atoms with E-state index >= 15 is 0 Å². The van der Waals surface area contributed by atoms with Crippen LogP contribution in [0.4, 0.5) is 0 Å². The Bertz CT molecular complexity index is 616. The lowest BCUT2D eigenvalue weighted by Crippen LogP contribution is -2.57. The van der Waals surface area contributed by atoms with Crippen LogP contribution in [0.5, 0.6) is 0 Å². The molecule has 25 heavy (non-hydrogen) atoms. The van der Waals surface area contributed by atoms with E-state index in [1.54, 1.807) is 0 Å². The van der Waals surface area contributed by atoms with E-state index in [0.29, 0.717) is 0 Å². The molecular weight excluding hydrogens is 306 g/mol. The minimum atomic E-state index is -0.664. The number of rotatable bonds is 4. The molecule has 2 heteroatoms. The van der Waals surface area contributed by atoms with E-state index in [-0.39, 0.29) is 23.9 Å². The maximum Gasteiger partial charge on any atom is 0.0734 e. The Morgan fingerprint density at radius 1 is 0.840 bits per heavy atom. The third kappa shape index (κ3) is 3.14. The highest BCUT2D eigenvalue weighted by Crippen LogP contribution is 2.53. The van der Waals surface area contributed by atoms with Crippen molar-refractivity contribution in [3.8, 4) is 0 Å². The quantitative estimate of drug-likeness (QED) is 0.827. The Hall–Kier alpha value is -1.64. The summed E-state index contributed by atoms with van der Waals surface area (Å²) in [6.07, 6.45) is 1.84. The van der Waals surface area contributed by atoms with Gasteiger partial charge in [-0.25, -0.2) is 0 Å². The molecule has 1 aliphatic heterocycles. The van der Waals surface area contributed by atoms with Crippen molar-refractivity contribution in [1.29, 1.82) is 0 Å². The van der Waals surface area contributed by atoms with Gasteiger partial charge >= 0.3 is 0 Å². The van der Waals surface area contributed by atoms with Gasteiger partial charge < -0.3 is 5.11 Å². The number of nitrogens with zero attached hydrogens (tertiary/aromatic N) is 1. The Morgan fingerprint density at radius 3 is 1.60 bits per heavy atom. The normalized spacial score (nSPS) is 33.3. The molecule has 5 atom stereocenters. The predicted molar refractivity (Wildman–Crippen MR) is 104 cm³/mol. The van der Waals surface area contributed by atoms with Crippen LogP contribution < -0.4 is 0 Å². The lowest BCUT2D eigenvalue weighted by molar-refractivity contribution is -0.159. The minimum Gasteiger partial charge on any atom is -0.389 e. The molecule has 0 saturated carbocycles. The first-order valence-electron chi connectivity index (χ1n) is 9.55. The molecule has 2 aromatic carbocycles. The topological polar surface area (TPSA) is 23.5 Å². The Morgan fingerprint density at radius 2 is 1.24 bits per heavy atom. The van der Waals surface area contributed by atoms with Gasteiger partial charge in [-0.3, -0.25) is 4.90 Å². The molecule has 2 nitrogen and oxygen atoms in total. The van der Waals surface area contributed by atoms with Gasteiger partial charge in [0.2, 0.25) is 0 Å². The summed E-state index contributed by atoms with van der Waals surface area (Å²) in [4.78, 5) is 2.48. The van der Waals surface area contributed by atoms with E-state index in [0.717, 1.165) is 12.8 Å². The molecule has 0 aromatic heterocycles. The maximum absolute atomic E-state index is 11.8. The fourth-order valence-electron chi connectivity index (χ4n) is 5.04. The summed E-state index contributed by atoms with van der Waals surface area (Å²) in [7, 11) is 2.22. The van der Waals surface area contributed by atoms with Crippen molar-refractivity contribution in [2.45, 2.75) is 51.3 Å². The smallest absolute Gasteiger partial charge is 0.0734 e. The second-order valence-corrected chi connectivity index (χ2v) is 7.70. The highest BCUT2D eigenvalue weighted by Gasteiger charge is 2.53. The second kappa shape index (κ2) is 7.31. The first-order valence-corrected chi connectivity index (χ1v) is 9.55. The first kappa shape index (κ1) is 18.2. The molecule has 1 saturated heterocycles. The summed E-state index contributed by atoms with van der Waals surface area (Å²) in [5, 5.41) is 11.8. The average Bonchev–Trinajstić information content (AvgIpc) is 2.63. The fraction of sp³-hybridized carbons (Fsp3) is 0.478. The Kier molecular flexibility index (Phi) is 5.31. The van der Waals surface area contributed by atoms with E-state index in [1.807, 2.05) is 0 Å².